The fourth-order valence-corrected chi connectivity index (χ4v) is 3.92. The highest BCUT2D eigenvalue weighted by Crippen LogP contribution is 2.39. The Morgan fingerprint density at radius 2 is 2.07 bits per heavy atom. The minimum absolute atomic E-state index is 0.158. The number of carbonyl (C=O) groups excluding carboxylic acids is 4. The van der Waals surface area contributed by atoms with Gasteiger partial charge in [0.25, 0.3) is 11.8 Å². The van der Waals surface area contributed by atoms with Gasteiger partial charge >= 0.3 is 0 Å². The SMILES string of the molecule is CC(C)C(NC(=O)CN1CC2(CCCN2C(=O)c2ncnn2C)C1=O)C(N)=O. The van der Waals surface area contributed by atoms with Gasteiger partial charge in [0, 0.05) is 13.6 Å². The maximum absolute atomic E-state index is 12.9. The van der Waals surface area contributed by atoms with Crippen molar-refractivity contribution in [3.63, 3.8) is 0 Å². The van der Waals surface area contributed by atoms with E-state index in [4.69, 9.17) is 5.73 Å². The Bertz CT molecular complexity index is 820. The molecule has 2 atom stereocenters. The zero-order valence-corrected chi connectivity index (χ0v) is 16.2. The van der Waals surface area contributed by atoms with E-state index in [1.165, 1.54) is 20.8 Å². The van der Waals surface area contributed by atoms with Crippen LogP contribution in [-0.2, 0) is 21.4 Å². The molecule has 0 aromatic carbocycles. The number of primary amides is 1. The number of hydrogen-bond acceptors (Lipinski definition) is 6. The normalized spacial score (nSPS) is 22.5. The van der Waals surface area contributed by atoms with Crippen LogP contribution in [0.4, 0.5) is 0 Å². The van der Waals surface area contributed by atoms with Crippen LogP contribution in [0.25, 0.3) is 0 Å². The van der Waals surface area contributed by atoms with Gasteiger partial charge in [-0.1, -0.05) is 13.8 Å². The standard InChI is InChI=1S/C17H25N7O4/c1-10(2)12(13(18)26)21-11(25)7-23-8-17(16(23)28)5-4-6-24(17)15(27)14-19-9-20-22(14)3/h9-10,12H,4-8H2,1-3H3,(H2,18,26)(H,21,25). The average molecular weight is 391 g/mol. The number of rotatable bonds is 6. The maximum Gasteiger partial charge on any atom is 0.292 e. The van der Waals surface area contributed by atoms with Crippen LogP contribution in [0.3, 0.4) is 0 Å². The monoisotopic (exact) mass is 391 g/mol. The largest absolute Gasteiger partial charge is 0.368 e. The lowest BCUT2D eigenvalue weighted by Crippen LogP contribution is -2.73. The van der Waals surface area contributed by atoms with Gasteiger partial charge in [0.2, 0.25) is 17.6 Å². The Kier molecular flexibility index (Phi) is 5.09. The number of hydrogen-bond donors (Lipinski definition) is 2. The molecule has 1 aromatic heterocycles. The summed E-state index contributed by atoms with van der Waals surface area (Å²) in [5.74, 6) is -1.67. The maximum atomic E-state index is 12.9. The molecule has 0 radical (unpaired) electrons. The van der Waals surface area contributed by atoms with Crippen molar-refractivity contribution in [1.82, 2.24) is 29.9 Å². The van der Waals surface area contributed by atoms with E-state index in [0.29, 0.717) is 19.4 Å². The van der Waals surface area contributed by atoms with E-state index in [1.54, 1.807) is 20.9 Å². The summed E-state index contributed by atoms with van der Waals surface area (Å²) in [5.41, 5.74) is 4.38. The predicted octanol–water partition coefficient (Wildman–Crippen LogP) is -1.74. The highest BCUT2D eigenvalue weighted by atomic mass is 16.2. The molecular weight excluding hydrogens is 366 g/mol. The van der Waals surface area contributed by atoms with Crippen LogP contribution in [0.15, 0.2) is 6.33 Å². The smallest absolute Gasteiger partial charge is 0.292 e. The average Bonchev–Trinajstić information content (AvgIpc) is 3.25. The molecule has 2 aliphatic rings. The molecule has 1 aromatic rings. The quantitative estimate of drug-likeness (QED) is 0.551. The lowest BCUT2D eigenvalue weighted by molar-refractivity contribution is -0.161. The van der Waals surface area contributed by atoms with Crippen molar-refractivity contribution < 1.29 is 19.2 Å². The van der Waals surface area contributed by atoms with Gasteiger partial charge in [-0.2, -0.15) is 5.10 Å². The fourth-order valence-electron chi connectivity index (χ4n) is 3.92. The van der Waals surface area contributed by atoms with E-state index < -0.39 is 23.4 Å². The van der Waals surface area contributed by atoms with E-state index in [9.17, 15) is 19.2 Å². The molecule has 2 saturated heterocycles. The third kappa shape index (κ3) is 3.20. The molecule has 0 aliphatic carbocycles. The number of likely N-dealkylation sites (tertiary alicyclic amines) is 2. The van der Waals surface area contributed by atoms with Gasteiger partial charge in [-0.05, 0) is 18.8 Å². The highest BCUT2D eigenvalue weighted by Gasteiger charge is 2.60. The first-order valence-corrected chi connectivity index (χ1v) is 9.21. The summed E-state index contributed by atoms with van der Waals surface area (Å²) in [5, 5.41) is 6.47. The zero-order chi connectivity index (χ0) is 20.6. The van der Waals surface area contributed by atoms with Crippen LogP contribution in [0.1, 0.15) is 37.3 Å². The van der Waals surface area contributed by atoms with Crippen LogP contribution in [-0.4, -0.2) is 79.4 Å². The van der Waals surface area contributed by atoms with E-state index in [0.717, 1.165) is 0 Å². The molecule has 152 valence electrons. The van der Waals surface area contributed by atoms with Crippen molar-refractivity contribution >= 4 is 23.6 Å². The number of aryl methyl sites for hydroxylation is 1. The summed E-state index contributed by atoms with van der Waals surface area (Å²) in [4.78, 5) is 56.2. The van der Waals surface area contributed by atoms with E-state index in [-0.39, 0.29) is 36.6 Å². The second-order valence-electron chi connectivity index (χ2n) is 7.65. The zero-order valence-electron chi connectivity index (χ0n) is 16.2. The van der Waals surface area contributed by atoms with E-state index in [1.807, 2.05) is 0 Å². The van der Waals surface area contributed by atoms with Gasteiger partial charge in [-0.3, -0.25) is 19.2 Å². The van der Waals surface area contributed by atoms with E-state index in [2.05, 4.69) is 15.4 Å². The van der Waals surface area contributed by atoms with E-state index >= 15 is 0 Å². The van der Waals surface area contributed by atoms with Crippen molar-refractivity contribution in [2.75, 3.05) is 19.6 Å². The van der Waals surface area contributed by atoms with Crippen molar-refractivity contribution in [3.8, 4) is 0 Å². The molecule has 3 heterocycles. The summed E-state index contributed by atoms with van der Waals surface area (Å²) in [6.07, 6.45) is 2.54. The molecule has 11 nitrogen and oxygen atoms in total. The second-order valence-corrected chi connectivity index (χ2v) is 7.65. The molecule has 2 fully saturated rings. The molecule has 3 N–H and O–H groups in total. The summed E-state index contributed by atoms with van der Waals surface area (Å²) in [6.45, 7) is 4.09. The molecule has 11 heteroatoms. The molecule has 0 saturated carbocycles. The van der Waals surface area contributed by atoms with Gasteiger partial charge in [0.1, 0.15) is 17.9 Å². The number of nitrogens with two attached hydrogens (primary N) is 1. The van der Waals surface area contributed by atoms with Crippen molar-refractivity contribution in [1.29, 1.82) is 0 Å². The van der Waals surface area contributed by atoms with Gasteiger partial charge in [0.15, 0.2) is 0 Å². The molecule has 4 amide bonds. The summed E-state index contributed by atoms with van der Waals surface area (Å²) >= 11 is 0. The summed E-state index contributed by atoms with van der Waals surface area (Å²) in [6, 6.07) is -0.793. The lowest BCUT2D eigenvalue weighted by Gasteiger charge is -2.50. The van der Waals surface area contributed by atoms with Crippen LogP contribution < -0.4 is 11.1 Å². The summed E-state index contributed by atoms with van der Waals surface area (Å²) in [7, 11) is 1.62. The number of carbonyl (C=O) groups is 4. The summed E-state index contributed by atoms with van der Waals surface area (Å²) < 4.78 is 1.37. The van der Waals surface area contributed by atoms with Gasteiger partial charge in [-0.25, -0.2) is 9.67 Å². The minimum atomic E-state index is -0.926. The number of aromatic nitrogens is 3. The second kappa shape index (κ2) is 7.21. The first-order chi connectivity index (χ1) is 13.2. The molecule has 1 spiro atoms. The number of amides is 4. The molecule has 0 bridgehead atoms. The number of β-lactam (4-membered cyclic amide) rings is 1. The third-order valence-electron chi connectivity index (χ3n) is 5.40. The Hall–Kier alpha value is -2.98. The lowest BCUT2D eigenvalue weighted by atomic mass is 9.85. The fraction of sp³-hybridized carbons (Fsp3) is 0.647. The first kappa shape index (κ1) is 19.8. The van der Waals surface area contributed by atoms with Crippen LogP contribution in [0.5, 0.6) is 0 Å². The van der Waals surface area contributed by atoms with Gasteiger partial charge in [-0.15, -0.1) is 0 Å². The molecule has 28 heavy (non-hydrogen) atoms. The van der Waals surface area contributed by atoms with Gasteiger partial charge < -0.3 is 20.9 Å². The van der Waals surface area contributed by atoms with Crippen molar-refractivity contribution in [2.45, 2.75) is 38.3 Å². The highest BCUT2D eigenvalue weighted by molar-refractivity contribution is 6.02. The Morgan fingerprint density at radius 1 is 1.36 bits per heavy atom. The Morgan fingerprint density at radius 3 is 2.61 bits per heavy atom. The topological polar surface area (TPSA) is 144 Å². The molecule has 2 aliphatic heterocycles. The van der Waals surface area contributed by atoms with Crippen LogP contribution >= 0.6 is 0 Å². The molecule has 3 rings (SSSR count). The van der Waals surface area contributed by atoms with Crippen molar-refractivity contribution in [3.05, 3.63) is 12.2 Å². The number of nitrogens with one attached hydrogen (secondary N) is 1. The van der Waals surface area contributed by atoms with Crippen LogP contribution in [0.2, 0.25) is 0 Å². The van der Waals surface area contributed by atoms with Crippen LogP contribution in [0, 0.1) is 5.92 Å². The Balaban J connectivity index is 1.65. The van der Waals surface area contributed by atoms with Crippen molar-refractivity contribution in [2.24, 2.45) is 18.7 Å². The predicted molar refractivity (Wildman–Crippen MR) is 96.5 cm³/mol. The number of nitrogens with zero attached hydrogens (tertiary/aromatic N) is 5. The third-order valence-corrected chi connectivity index (χ3v) is 5.40. The minimum Gasteiger partial charge on any atom is -0.368 e. The molecular formula is C17H25N7O4. The molecule has 2 unspecified atom stereocenters. The first-order valence-electron chi connectivity index (χ1n) is 9.21. The van der Waals surface area contributed by atoms with Gasteiger partial charge in [0.05, 0.1) is 13.1 Å². The Labute approximate surface area is 162 Å².